The highest BCUT2D eigenvalue weighted by atomic mass is 79.9. The first kappa shape index (κ1) is 12.3. The van der Waals surface area contributed by atoms with Gasteiger partial charge in [-0.25, -0.2) is 9.78 Å². The highest BCUT2D eigenvalue weighted by Crippen LogP contribution is 2.35. The van der Waals surface area contributed by atoms with Crippen LogP contribution < -0.4 is 0 Å². The summed E-state index contributed by atoms with van der Waals surface area (Å²) in [4.78, 5) is 18.9. The minimum Gasteiger partial charge on any atom is -0.476 e. The summed E-state index contributed by atoms with van der Waals surface area (Å²) in [6.07, 6.45) is 0.243. The number of hydrogen-bond acceptors (Lipinski definition) is 4. The molecule has 3 N–H and O–H groups in total. The number of H-pyrrole nitrogens is 1. The van der Waals surface area contributed by atoms with Gasteiger partial charge in [0.2, 0.25) is 0 Å². The normalized spacial score (nSPS) is 12.6. The molecular weight excluding hydrogens is 308 g/mol. The van der Waals surface area contributed by atoms with Crippen LogP contribution in [0.2, 0.25) is 0 Å². The minimum absolute atomic E-state index is 0.157. The zero-order valence-corrected chi connectivity index (χ0v) is 11.2. The SMILES string of the molecule is Cc1cc(Br)c(C(O)c2[nH]cnc2C(=O)O)s1. The van der Waals surface area contributed by atoms with Crippen molar-refractivity contribution in [3.05, 3.63) is 38.0 Å². The summed E-state index contributed by atoms with van der Waals surface area (Å²) in [6.45, 7) is 1.91. The van der Waals surface area contributed by atoms with E-state index in [9.17, 15) is 9.90 Å². The Morgan fingerprint density at radius 1 is 1.65 bits per heavy atom. The zero-order valence-electron chi connectivity index (χ0n) is 8.77. The number of rotatable bonds is 3. The molecule has 0 aliphatic heterocycles. The number of halogens is 1. The molecule has 2 rings (SSSR count). The fraction of sp³-hybridized carbons (Fsp3) is 0.200. The van der Waals surface area contributed by atoms with Crippen LogP contribution in [-0.4, -0.2) is 26.2 Å². The predicted molar refractivity (Wildman–Crippen MR) is 66.4 cm³/mol. The van der Waals surface area contributed by atoms with E-state index in [0.717, 1.165) is 9.35 Å². The molecule has 1 unspecified atom stereocenters. The highest BCUT2D eigenvalue weighted by Gasteiger charge is 2.24. The minimum atomic E-state index is -1.16. The van der Waals surface area contributed by atoms with Gasteiger partial charge in [0.05, 0.1) is 16.9 Å². The number of aliphatic hydroxyl groups excluding tert-OH is 1. The van der Waals surface area contributed by atoms with Crippen molar-refractivity contribution in [3.8, 4) is 0 Å². The van der Waals surface area contributed by atoms with Gasteiger partial charge in [-0.15, -0.1) is 11.3 Å². The lowest BCUT2D eigenvalue weighted by atomic mass is 10.2. The number of carbonyl (C=O) groups is 1. The van der Waals surface area contributed by atoms with Gasteiger partial charge >= 0.3 is 5.97 Å². The number of aromatic nitrogens is 2. The average Bonchev–Trinajstić information content (AvgIpc) is 2.83. The smallest absolute Gasteiger partial charge is 0.356 e. The summed E-state index contributed by atoms with van der Waals surface area (Å²) in [7, 11) is 0. The van der Waals surface area contributed by atoms with Crippen molar-refractivity contribution in [2.75, 3.05) is 0 Å². The van der Waals surface area contributed by atoms with Gasteiger partial charge in [-0.05, 0) is 28.9 Å². The molecule has 2 aromatic rings. The Labute approximate surface area is 109 Å². The fourth-order valence-electron chi connectivity index (χ4n) is 1.50. The Morgan fingerprint density at radius 3 is 2.88 bits per heavy atom. The van der Waals surface area contributed by atoms with E-state index < -0.39 is 12.1 Å². The quantitative estimate of drug-likeness (QED) is 0.811. The first-order chi connectivity index (χ1) is 8.00. The molecule has 2 aromatic heterocycles. The number of nitrogens with one attached hydrogen (secondary N) is 1. The van der Waals surface area contributed by atoms with Gasteiger partial charge in [0.1, 0.15) is 6.10 Å². The first-order valence-corrected chi connectivity index (χ1v) is 6.32. The van der Waals surface area contributed by atoms with Crippen LogP contribution in [0.25, 0.3) is 0 Å². The second-order valence-corrected chi connectivity index (χ2v) is 5.58. The Morgan fingerprint density at radius 2 is 2.35 bits per heavy atom. The lowest BCUT2D eigenvalue weighted by Gasteiger charge is -2.08. The Balaban J connectivity index is 2.43. The summed E-state index contributed by atoms with van der Waals surface area (Å²) in [5, 5.41) is 19.1. The predicted octanol–water partition coefficient (Wildman–Crippen LogP) is 2.32. The number of aliphatic hydroxyl groups is 1. The largest absolute Gasteiger partial charge is 0.476 e. The van der Waals surface area contributed by atoms with Crippen molar-refractivity contribution < 1.29 is 15.0 Å². The molecule has 7 heteroatoms. The Bertz CT molecular complexity index is 564. The Kier molecular flexibility index (Phi) is 3.32. The van der Waals surface area contributed by atoms with E-state index in [4.69, 9.17) is 5.11 Å². The number of imidazole rings is 1. The summed E-state index contributed by atoms with van der Waals surface area (Å²) in [5.41, 5.74) is 0.0375. The lowest BCUT2D eigenvalue weighted by molar-refractivity contribution is 0.0685. The molecule has 5 nitrogen and oxygen atoms in total. The molecule has 2 heterocycles. The molecule has 0 radical (unpaired) electrons. The van der Waals surface area contributed by atoms with E-state index in [0.29, 0.717) is 4.88 Å². The van der Waals surface area contributed by atoms with Crippen LogP contribution in [0.15, 0.2) is 16.9 Å². The molecule has 0 saturated carbocycles. The molecule has 0 aromatic carbocycles. The molecule has 0 aliphatic rings. The van der Waals surface area contributed by atoms with Crippen LogP contribution in [0.5, 0.6) is 0 Å². The third-order valence-electron chi connectivity index (χ3n) is 2.23. The lowest BCUT2D eigenvalue weighted by Crippen LogP contribution is -2.07. The van der Waals surface area contributed by atoms with E-state index in [2.05, 4.69) is 25.9 Å². The van der Waals surface area contributed by atoms with Crippen LogP contribution in [0.3, 0.4) is 0 Å². The van der Waals surface area contributed by atoms with E-state index in [-0.39, 0.29) is 11.4 Å². The highest BCUT2D eigenvalue weighted by molar-refractivity contribution is 9.10. The van der Waals surface area contributed by atoms with Crippen LogP contribution in [0.1, 0.15) is 32.0 Å². The van der Waals surface area contributed by atoms with Gasteiger partial charge in [0.15, 0.2) is 5.69 Å². The number of aryl methyl sites for hydroxylation is 1. The molecule has 0 aliphatic carbocycles. The number of thiophene rings is 1. The van der Waals surface area contributed by atoms with Crippen LogP contribution >= 0.6 is 27.3 Å². The molecule has 0 spiro atoms. The summed E-state index contributed by atoms with van der Waals surface area (Å²) < 4.78 is 0.762. The Hall–Kier alpha value is -1.18. The van der Waals surface area contributed by atoms with Gasteiger partial charge in [0, 0.05) is 9.35 Å². The maximum atomic E-state index is 10.9. The second kappa shape index (κ2) is 4.59. The average molecular weight is 317 g/mol. The van der Waals surface area contributed by atoms with Crippen molar-refractivity contribution in [2.24, 2.45) is 0 Å². The molecule has 90 valence electrons. The number of hydrogen-bond donors (Lipinski definition) is 3. The summed E-state index contributed by atoms with van der Waals surface area (Å²) in [5.74, 6) is -1.16. The molecule has 0 saturated heterocycles. The molecule has 17 heavy (non-hydrogen) atoms. The summed E-state index contributed by atoms with van der Waals surface area (Å²) in [6, 6.07) is 1.88. The molecule has 1 atom stereocenters. The summed E-state index contributed by atoms with van der Waals surface area (Å²) >= 11 is 4.74. The molecular formula is C10H9BrN2O3S. The van der Waals surface area contributed by atoms with Crippen LogP contribution in [0, 0.1) is 6.92 Å². The third-order valence-corrected chi connectivity index (χ3v) is 4.25. The molecule has 0 fully saturated rings. The first-order valence-electron chi connectivity index (χ1n) is 4.71. The number of carboxylic acid groups (broad SMARTS) is 1. The van der Waals surface area contributed by atoms with E-state index in [1.54, 1.807) is 0 Å². The van der Waals surface area contributed by atoms with Crippen LogP contribution in [-0.2, 0) is 0 Å². The van der Waals surface area contributed by atoms with Crippen molar-refractivity contribution in [1.29, 1.82) is 0 Å². The van der Waals surface area contributed by atoms with Gasteiger partial charge in [-0.2, -0.15) is 0 Å². The number of carboxylic acids is 1. The van der Waals surface area contributed by atoms with E-state index >= 15 is 0 Å². The van der Waals surface area contributed by atoms with E-state index in [1.807, 2.05) is 13.0 Å². The van der Waals surface area contributed by atoms with Gasteiger partial charge in [0.25, 0.3) is 0 Å². The number of nitrogens with zero attached hydrogens (tertiary/aromatic N) is 1. The maximum absolute atomic E-state index is 10.9. The molecule has 0 bridgehead atoms. The zero-order chi connectivity index (χ0) is 12.6. The topological polar surface area (TPSA) is 86.2 Å². The van der Waals surface area contributed by atoms with Crippen molar-refractivity contribution in [2.45, 2.75) is 13.0 Å². The molecule has 0 amide bonds. The van der Waals surface area contributed by atoms with Crippen LogP contribution in [0.4, 0.5) is 0 Å². The number of aromatic amines is 1. The monoisotopic (exact) mass is 316 g/mol. The van der Waals surface area contributed by atoms with Gasteiger partial charge in [-0.3, -0.25) is 0 Å². The van der Waals surface area contributed by atoms with Crippen molar-refractivity contribution >= 4 is 33.2 Å². The van der Waals surface area contributed by atoms with Crippen molar-refractivity contribution in [3.63, 3.8) is 0 Å². The second-order valence-electron chi connectivity index (χ2n) is 3.44. The van der Waals surface area contributed by atoms with Gasteiger partial charge in [-0.1, -0.05) is 0 Å². The van der Waals surface area contributed by atoms with E-state index in [1.165, 1.54) is 17.7 Å². The van der Waals surface area contributed by atoms with Crippen molar-refractivity contribution in [1.82, 2.24) is 9.97 Å². The standard InChI is InChI=1S/C10H9BrN2O3S/c1-4-2-5(11)9(17-4)8(14)6-7(10(15)16)13-3-12-6/h2-3,8,14H,1H3,(H,12,13)(H,15,16). The third kappa shape index (κ3) is 2.26. The van der Waals surface area contributed by atoms with Gasteiger partial charge < -0.3 is 15.2 Å². The number of aromatic carboxylic acids is 1. The fourth-order valence-corrected chi connectivity index (χ4v) is 3.37. The maximum Gasteiger partial charge on any atom is 0.356 e.